The van der Waals surface area contributed by atoms with Gasteiger partial charge in [-0.05, 0) is 37.3 Å². The molecule has 0 atom stereocenters. The van der Waals surface area contributed by atoms with E-state index >= 15 is 0 Å². The number of nitrogens with zero attached hydrogens (tertiary/aromatic N) is 2. The van der Waals surface area contributed by atoms with Crippen molar-refractivity contribution in [1.82, 2.24) is 9.29 Å². The lowest BCUT2D eigenvalue weighted by Gasteiger charge is -2.22. The summed E-state index contributed by atoms with van der Waals surface area (Å²) in [5, 5.41) is 0. The first-order chi connectivity index (χ1) is 9.45. The standard InChI is InChI=1S/C13H22N4O2S/c1-10(2)7-8-17(11-3-4-11)20(18,19)12-5-6-13(16-14)15-9-12/h5-6,9-11H,3-4,7-8,14H2,1-2H3,(H,15,16). The number of anilines is 1. The Hall–Kier alpha value is -1.18. The van der Waals surface area contributed by atoms with E-state index in [0.29, 0.717) is 18.3 Å². The van der Waals surface area contributed by atoms with Gasteiger partial charge in [0.25, 0.3) is 0 Å². The van der Waals surface area contributed by atoms with Crippen LogP contribution in [0.2, 0.25) is 0 Å². The van der Waals surface area contributed by atoms with Crippen LogP contribution in [-0.4, -0.2) is 30.3 Å². The molecule has 0 bridgehead atoms. The van der Waals surface area contributed by atoms with Crippen LogP contribution in [0, 0.1) is 5.92 Å². The van der Waals surface area contributed by atoms with Gasteiger partial charge in [0.05, 0.1) is 0 Å². The second kappa shape index (κ2) is 6.07. The zero-order valence-corrected chi connectivity index (χ0v) is 12.7. The third-order valence-corrected chi connectivity index (χ3v) is 5.31. The molecule has 1 fully saturated rings. The Labute approximate surface area is 120 Å². The van der Waals surface area contributed by atoms with Crippen molar-refractivity contribution in [2.45, 2.75) is 44.0 Å². The predicted molar refractivity (Wildman–Crippen MR) is 78.4 cm³/mol. The number of nitrogen functional groups attached to an aromatic ring is 1. The number of sulfonamides is 1. The van der Waals surface area contributed by atoms with Crippen LogP contribution in [0.25, 0.3) is 0 Å². The molecular formula is C13H22N4O2S. The zero-order chi connectivity index (χ0) is 14.8. The van der Waals surface area contributed by atoms with Crippen LogP contribution in [0.15, 0.2) is 23.2 Å². The minimum atomic E-state index is -3.46. The summed E-state index contributed by atoms with van der Waals surface area (Å²) in [6, 6.07) is 3.27. The molecule has 1 aromatic rings. The number of nitrogens with one attached hydrogen (secondary N) is 1. The summed E-state index contributed by atoms with van der Waals surface area (Å²) in [6.07, 6.45) is 4.13. The monoisotopic (exact) mass is 298 g/mol. The Morgan fingerprint density at radius 2 is 2.15 bits per heavy atom. The first-order valence-corrected chi connectivity index (χ1v) is 8.33. The molecule has 2 rings (SSSR count). The Kier molecular flexibility index (Phi) is 4.62. The van der Waals surface area contributed by atoms with Crippen LogP contribution in [0.3, 0.4) is 0 Å². The van der Waals surface area contributed by atoms with Crippen LogP contribution < -0.4 is 11.3 Å². The van der Waals surface area contributed by atoms with E-state index in [0.717, 1.165) is 19.3 Å². The van der Waals surface area contributed by atoms with E-state index in [-0.39, 0.29) is 10.9 Å². The third-order valence-electron chi connectivity index (χ3n) is 3.37. The van der Waals surface area contributed by atoms with Crippen LogP contribution in [0.4, 0.5) is 5.82 Å². The summed E-state index contributed by atoms with van der Waals surface area (Å²) in [5.74, 6) is 6.16. The molecule has 1 saturated carbocycles. The number of rotatable bonds is 7. The molecule has 0 radical (unpaired) electrons. The summed E-state index contributed by atoms with van der Waals surface area (Å²) < 4.78 is 26.9. The second-order valence-corrected chi connectivity index (χ2v) is 7.44. The van der Waals surface area contributed by atoms with Crippen LogP contribution >= 0.6 is 0 Å². The molecule has 1 aromatic heterocycles. The Morgan fingerprint density at radius 3 is 2.60 bits per heavy atom. The fraction of sp³-hybridized carbons (Fsp3) is 0.615. The molecule has 7 heteroatoms. The van der Waals surface area contributed by atoms with Crippen LogP contribution in [-0.2, 0) is 10.0 Å². The lowest BCUT2D eigenvalue weighted by atomic mass is 10.1. The smallest absolute Gasteiger partial charge is 0.244 e. The Bertz CT molecular complexity index is 538. The summed E-state index contributed by atoms with van der Waals surface area (Å²) in [6.45, 7) is 4.77. The molecule has 0 saturated heterocycles. The topological polar surface area (TPSA) is 88.3 Å². The van der Waals surface area contributed by atoms with Gasteiger partial charge >= 0.3 is 0 Å². The Morgan fingerprint density at radius 1 is 1.45 bits per heavy atom. The zero-order valence-electron chi connectivity index (χ0n) is 11.9. The van der Waals surface area contributed by atoms with Crippen molar-refractivity contribution < 1.29 is 8.42 Å². The summed E-state index contributed by atoms with van der Waals surface area (Å²) in [5.41, 5.74) is 2.39. The van der Waals surface area contributed by atoms with Gasteiger partial charge in [-0.25, -0.2) is 19.2 Å². The molecule has 20 heavy (non-hydrogen) atoms. The molecule has 0 unspecified atom stereocenters. The van der Waals surface area contributed by atoms with Gasteiger partial charge < -0.3 is 5.43 Å². The molecule has 0 aromatic carbocycles. The number of hydrazine groups is 1. The number of hydrogen-bond donors (Lipinski definition) is 2. The van der Waals surface area contributed by atoms with Gasteiger partial charge in [-0.2, -0.15) is 4.31 Å². The number of hydrogen-bond acceptors (Lipinski definition) is 5. The van der Waals surface area contributed by atoms with Crippen molar-refractivity contribution in [1.29, 1.82) is 0 Å². The van der Waals surface area contributed by atoms with E-state index in [1.165, 1.54) is 6.20 Å². The summed E-state index contributed by atoms with van der Waals surface area (Å²) in [4.78, 5) is 4.21. The van der Waals surface area contributed by atoms with Gasteiger partial charge in [-0.3, -0.25) is 0 Å². The first-order valence-electron chi connectivity index (χ1n) is 6.89. The van der Waals surface area contributed by atoms with E-state index in [2.05, 4.69) is 24.3 Å². The highest BCUT2D eigenvalue weighted by Crippen LogP contribution is 2.32. The molecular weight excluding hydrogens is 276 g/mol. The first kappa shape index (κ1) is 15.2. The van der Waals surface area contributed by atoms with Gasteiger partial charge in [-0.15, -0.1) is 0 Å². The van der Waals surface area contributed by atoms with Gasteiger partial charge in [0.15, 0.2) is 0 Å². The van der Waals surface area contributed by atoms with E-state index in [1.807, 2.05) is 0 Å². The highest BCUT2D eigenvalue weighted by Gasteiger charge is 2.37. The summed E-state index contributed by atoms with van der Waals surface area (Å²) >= 11 is 0. The molecule has 6 nitrogen and oxygen atoms in total. The molecule has 1 aliphatic carbocycles. The second-order valence-electron chi connectivity index (χ2n) is 5.55. The van der Waals surface area contributed by atoms with E-state index < -0.39 is 10.0 Å². The molecule has 0 amide bonds. The normalized spacial score (nSPS) is 15.8. The molecule has 1 aliphatic rings. The quantitative estimate of drug-likeness (QED) is 0.589. The third kappa shape index (κ3) is 3.47. The highest BCUT2D eigenvalue weighted by molar-refractivity contribution is 7.89. The number of pyridine rings is 1. The average molecular weight is 298 g/mol. The maximum absolute atomic E-state index is 12.7. The number of nitrogens with two attached hydrogens (primary N) is 1. The van der Waals surface area contributed by atoms with Gasteiger partial charge in [-0.1, -0.05) is 13.8 Å². The molecule has 112 valence electrons. The van der Waals surface area contributed by atoms with E-state index in [9.17, 15) is 8.42 Å². The van der Waals surface area contributed by atoms with E-state index in [1.54, 1.807) is 16.4 Å². The van der Waals surface area contributed by atoms with Crippen molar-refractivity contribution in [3.05, 3.63) is 18.3 Å². The lowest BCUT2D eigenvalue weighted by molar-refractivity contribution is 0.373. The van der Waals surface area contributed by atoms with Gasteiger partial charge in [0.2, 0.25) is 10.0 Å². The molecule has 1 heterocycles. The van der Waals surface area contributed by atoms with Gasteiger partial charge in [0.1, 0.15) is 10.7 Å². The van der Waals surface area contributed by atoms with E-state index in [4.69, 9.17) is 5.84 Å². The maximum Gasteiger partial charge on any atom is 0.244 e. The summed E-state index contributed by atoms with van der Waals surface area (Å²) in [7, 11) is -3.46. The van der Waals surface area contributed by atoms with Gasteiger partial charge in [0, 0.05) is 18.8 Å². The predicted octanol–water partition coefficient (Wildman–Crippen LogP) is 1.57. The maximum atomic E-state index is 12.7. The minimum Gasteiger partial charge on any atom is -0.308 e. The fourth-order valence-corrected chi connectivity index (χ4v) is 3.65. The molecule has 0 spiro atoms. The van der Waals surface area contributed by atoms with Crippen molar-refractivity contribution >= 4 is 15.8 Å². The average Bonchev–Trinajstić information content (AvgIpc) is 3.23. The molecule has 3 N–H and O–H groups in total. The number of aromatic nitrogens is 1. The van der Waals surface area contributed by atoms with Crippen molar-refractivity contribution in [3.8, 4) is 0 Å². The minimum absolute atomic E-state index is 0.158. The SMILES string of the molecule is CC(C)CCN(C1CC1)S(=O)(=O)c1ccc(NN)nc1. The van der Waals surface area contributed by atoms with Crippen molar-refractivity contribution in [3.63, 3.8) is 0 Å². The van der Waals surface area contributed by atoms with Crippen molar-refractivity contribution in [2.24, 2.45) is 11.8 Å². The van der Waals surface area contributed by atoms with Crippen LogP contribution in [0.5, 0.6) is 0 Å². The molecule has 0 aliphatic heterocycles. The van der Waals surface area contributed by atoms with Crippen molar-refractivity contribution in [2.75, 3.05) is 12.0 Å². The highest BCUT2D eigenvalue weighted by atomic mass is 32.2. The Balaban J connectivity index is 2.20. The fourth-order valence-electron chi connectivity index (χ4n) is 2.00. The largest absolute Gasteiger partial charge is 0.308 e. The lowest BCUT2D eigenvalue weighted by Crippen LogP contribution is -2.34. The van der Waals surface area contributed by atoms with Crippen LogP contribution in [0.1, 0.15) is 33.1 Å².